The molecule has 1 amide bonds. The molecule has 1 atom stereocenters. The summed E-state index contributed by atoms with van der Waals surface area (Å²) in [4.78, 5) is 12.4. The van der Waals surface area contributed by atoms with Crippen molar-refractivity contribution in [3.63, 3.8) is 0 Å². The van der Waals surface area contributed by atoms with Crippen molar-refractivity contribution < 1.29 is 13.2 Å². The number of rotatable bonds is 6. The topological polar surface area (TPSA) is 78.5 Å². The van der Waals surface area contributed by atoms with Gasteiger partial charge in [-0.1, -0.05) is 0 Å². The van der Waals surface area contributed by atoms with Gasteiger partial charge in [0.1, 0.15) is 0 Å². The number of sulfonamides is 1. The first-order valence-corrected chi connectivity index (χ1v) is 9.70. The van der Waals surface area contributed by atoms with Crippen molar-refractivity contribution in [3.8, 4) is 0 Å². The second-order valence-electron chi connectivity index (χ2n) is 6.65. The zero-order valence-corrected chi connectivity index (χ0v) is 16.9. The Bertz CT molecular complexity index is 714. The van der Waals surface area contributed by atoms with Crippen molar-refractivity contribution >= 4 is 34.0 Å². The van der Waals surface area contributed by atoms with E-state index < -0.39 is 10.0 Å². The van der Waals surface area contributed by atoms with Crippen molar-refractivity contribution in [2.75, 3.05) is 32.5 Å². The van der Waals surface area contributed by atoms with Crippen LogP contribution in [0.3, 0.4) is 0 Å². The second kappa shape index (κ2) is 8.98. The third kappa shape index (κ3) is 5.41. The first-order chi connectivity index (χ1) is 11.2. The highest BCUT2D eigenvalue weighted by Gasteiger charge is 2.21. The SMILES string of the molecule is Cc1cc(S(=O)(=O)N(C)C)cc(NC(=O)CCC2CCNC2)c1C.Cl. The zero-order chi connectivity index (χ0) is 17.9. The summed E-state index contributed by atoms with van der Waals surface area (Å²) in [5.74, 6) is 0.489. The predicted molar refractivity (Wildman–Crippen MR) is 103 cm³/mol. The molecule has 2 N–H and O–H groups in total. The molecular formula is C17H28ClN3O3S. The molecule has 1 fully saturated rings. The number of anilines is 1. The van der Waals surface area contributed by atoms with Gasteiger partial charge in [0.2, 0.25) is 15.9 Å². The fraction of sp³-hybridized carbons (Fsp3) is 0.588. The number of halogens is 1. The number of carbonyl (C=O) groups is 1. The number of hydrogen-bond acceptors (Lipinski definition) is 4. The summed E-state index contributed by atoms with van der Waals surface area (Å²) in [6, 6.07) is 3.19. The Morgan fingerprint density at radius 2 is 2.00 bits per heavy atom. The maximum Gasteiger partial charge on any atom is 0.242 e. The maximum atomic E-state index is 12.3. The van der Waals surface area contributed by atoms with Gasteiger partial charge in [0.05, 0.1) is 4.90 Å². The molecule has 142 valence electrons. The van der Waals surface area contributed by atoms with Crippen molar-refractivity contribution in [2.24, 2.45) is 5.92 Å². The molecule has 0 bridgehead atoms. The Morgan fingerprint density at radius 3 is 2.56 bits per heavy atom. The van der Waals surface area contributed by atoms with E-state index in [1.54, 1.807) is 12.1 Å². The van der Waals surface area contributed by atoms with Crippen LogP contribution in [0.5, 0.6) is 0 Å². The molecule has 8 heteroatoms. The predicted octanol–water partition coefficient (Wildman–Crippen LogP) is 2.30. The van der Waals surface area contributed by atoms with Crippen LogP contribution in [-0.4, -0.2) is 45.8 Å². The summed E-state index contributed by atoms with van der Waals surface area (Å²) in [5.41, 5.74) is 2.31. The molecule has 25 heavy (non-hydrogen) atoms. The summed E-state index contributed by atoms with van der Waals surface area (Å²) in [6.07, 6.45) is 2.42. The summed E-state index contributed by atoms with van der Waals surface area (Å²) in [5, 5.41) is 6.18. The van der Waals surface area contributed by atoms with Crippen molar-refractivity contribution in [2.45, 2.75) is 38.0 Å². The van der Waals surface area contributed by atoms with Gasteiger partial charge in [-0.05, 0) is 69.0 Å². The first-order valence-electron chi connectivity index (χ1n) is 8.26. The molecule has 0 aromatic heterocycles. The van der Waals surface area contributed by atoms with Gasteiger partial charge in [0.25, 0.3) is 0 Å². The molecule has 1 aliphatic heterocycles. The van der Waals surface area contributed by atoms with Crippen LogP contribution in [-0.2, 0) is 14.8 Å². The van der Waals surface area contributed by atoms with Gasteiger partial charge in [-0.3, -0.25) is 4.79 Å². The average Bonchev–Trinajstić information content (AvgIpc) is 3.02. The molecule has 6 nitrogen and oxygen atoms in total. The van der Waals surface area contributed by atoms with E-state index in [9.17, 15) is 13.2 Å². The number of nitrogens with zero attached hydrogens (tertiary/aromatic N) is 1. The van der Waals surface area contributed by atoms with Gasteiger partial charge < -0.3 is 10.6 Å². The van der Waals surface area contributed by atoms with Gasteiger partial charge in [-0.2, -0.15) is 0 Å². The number of carbonyl (C=O) groups excluding carboxylic acids is 1. The van der Waals surface area contributed by atoms with Crippen LogP contribution in [0.1, 0.15) is 30.4 Å². The van der Waals surface area contributed by atoms with Crippen LogP contribution >= 0.6 is 12.4 Å². The monoisotopic (exact) mass is 389 g/mol. The van der Waals surface area contributed by atoms with Gasteiger partial charge in [0, 0.05) is 26.2 Å². The van der Waals surface area contributed by atoms with Gasteiger partial charge in [-0.25, -0.2) is 12.7 Å². The quantitative estimate of drug-likeness (QED) is 0.782. The van der Waals surface area contributed by atoms with E-state index in [0.29, 0.717) is 18.0 Å². The highest BCUT2D eigenvalue weighted by Crippen LogP contribution is 2.26. The first kappa shape index (κ1) is 21.9. The molecule has 2 rings (SSSR count). The molecule has 1 aromatic carbocycles. The van der Waals surface area contributed by atoms with Crippen LogP contribution in [0.25, 0.3) is 0 Å². The fourth-order valence-corrected chi connectivity index (χ4v) is 3.84. The van der Waals surface area contributed by atoms with Gasteiger partial charge >= 0.3 is 0 Å². The molecule has 1 aliphatic rings. The standard InChI is InChI=1S/C17H27N3O3S.ClH/c1-12-9-15(24(22,23)20(3)4)10-16(13(12)2)19-17(21)6-5-14-7-8-18-11-14;/h9-10,14,18H,5-8,11H2,1-4H3,(H,19,21);1H. The van der Waals surface area contributed by atoms with E-state index in [4.69, 9.17) is 0 Å². The Labute approximate surface area is 156 Å². The lowest BCUT2D eigenvalue weighted by Crippen LogP contribution is -2.23. The minimum Gasteiger partial charge on any atom is -0.326 e. The normalized spacial score (nSPS) is 17.4. The van der Waals surface area contributed by atoms with Crippen LogP contribution in [0.15, 0.2) is 17.0 Å². The summed E-state index contributed by atoms with van der Waals surface area (Å²) >= 11 is 0. The number of nitrogens with one attached hydrogen (secondary N) is 2. The second-order valence-corrected chi connectivity index (χ2v) is 8.80. The summed E-state index contributed by atoms with van der Waals surface area (Å²) in [6.45, 7) is 5.73. The Morgan fingerprint density at radius 1 is 1.32 bits per heavy atom. The van der Waals surface area contributed by atoms with E-state index in [2.05, 4.69) is 10.6 Å². The smallest absolute Gasteiger partial charge is 0.242 e. The highest BCUT2D eigenvalue weighted by molar-refractivity contribution is 7.89. The Hall–Kier alpha value is -1.15. The lowest BCUT2D eigenvalue weighted by atomic mass is 10.0. The fourth-order valence-electron chi connectivity index (χ4n) is 2.82. The lowest BCUT2D eigenvalue weighted by molar-refractivity contribution is -0.116. The molecule has 1 heterocycles. The molecule has 1 unspecified atom stereocenters. The molecule has 0 aliphatic carbocycles. The highest BCUT2D eigenvalue weighted by atomic mass is 35.5. The Kier molecular flexibility index (Phi) is 7.87. The molecule has 1 aromatic rings. The minimum absolute atomic E-state index is 0. The largest absolute Gasteiger partial charge is 0.326 e. The maximum absolute atomic E-state index is 12.3. The summed E-state index contributed by atoms with van der Waals surface area (Å²) < 4.78 is 25.9. The third-order valence-corrected chi connectivity index (χ3v) is 6.43. The third-order valence-electron chi connectivity index (χ3n) is 4.64. The molecule has 0 saturated carbocycles. The van der Waals surface area contributed by atoms with Crippen molar-refractivity contribution in [3.05, 3.63) is 23.3 Å². The number of amides is 1. The molecule has 0 radical (unpaired) electrons. The summed E-state index contributed by atoms with van der Waals surface area (Å²) in [7, 11) is -0.529. The van der Waals surface area contributed by atoms with E-state index in [0.717, 1.165) is 37.1 Å². The molecule has 0 spiro atoms. The zero-order valence-electron chi connectivity index (χ0n) is 15.3. The van der Waals surface area contributed by atoms with E-state index in [-0.39, 0.29) is 23.2 Å². The van der Waals surface area contributed by atoms with E-state index >= 15 is 0 Å². The van der Waals surface area contributed by atoms with Gasteiger partial charge in [0.15, 0.2) is 0 Å². The van der Waals surface area contributed by atoms with Crippen LogP contribution in [0.4, 0.5) is 5.69 Å². The van der Waals surface area contributed by atoms with Crippen LogP contribution in [0, 0.1) is 19.8 Å². The lowest BCUT2D eigenvalue weighted by Gasteiger charge is -2.16. The molecular weight excluding hydrogens is 362 g/mol. The minimum atomic E-state index is -3.53. The van der Waals surface area contributed by atoms with Crippen molar-refractivity contribution in [1.29, 1.82) is 0 Å². The van der Waals surface area contributed by atoms with E-state index in [1.807, 2.05) is 13.8 Å². The molecule has 1 saturated heterocycles. The van der Waals surface area contributed by atoms with E-state index in [1.165, 1.54) is 18.4 Å². The Balaban J connectivity index is 0.00000312. The number of hydrogen-bond donors (Lipinski definition) is 2. The number of benzene rings is 1. The van der Waals surface area contributed by atoms with Gasteiger partial charge in [-0.15, -0.1) is 12.4 Å². The van der Waals surface area contributed by atoms with Crippen LogP contribution < -0.4 is 10.6 Å². The average molecular weight is 390 g/mol. The van der Waals surface area contributed by atoms with Crippen molar-refractivity contribution in [1.82, 2.24) is 9.62 Å². The van der Waals surface area contributed by atoms with Crippen LogP contribution in [0.2, 0.25) is 0 Å². The number of aryl methyl sites for hydroxylation is 1.